The largest absolute Gasteiger partial charge is 0.369 e. The van der Waals surface area contributed by atoms with Crippen LogP contribution in [0.5, 0.6) is 0 Å². The van der Waals surface area contributed by atoms with Crippen LogP contribution in [0, 0.1) is 0 Å². The maximum Gasteiger partial charge on any atom is 0.0863 e. The van der Waals surface area contributed by atoms with Crippen molar-refractivity contribution in [3.63, 3.8) is 0 Å². The maximum absolute atomic E-state index is 6.10. The van der Waals surface area contributed by atoms with Crippen molar-refractivity contribution in [2.24, 2.45) is 0 Å². The van der Waals surface area contributed by atoms with Crippen LogP contribution >= 0.6 is 0 Å². The summed E-state index contributed by atoms with van der Waals surface area (Å²) in [6.45, 7) is 7.27. The Labute approximate surface area is 97.0 Å². The van der Waals surface area contributed by atoms with Gasteiger partial charge >= 0.3 is 0 Å². The Morgan fingerprint density at radius 1 is 1.50 bits per heavy atom. The number of aryl methyl sites for hydroxylation is 1. The lowest BCUT2D eigenvalue weighted by molar-refractivity contribution is -0.0521. The lowest BCUT2D eigenvalue weighted by Crippen LogP contribution is -2.40. The summed E-state index contributed by atoms with van der Waals surface area (Å²) in [6.07, 6.45) is 1.10. The quantitative estimate of drug-likeness (QED) is 0.779. The van der Waals surface area contributed by atoms with Crippen molar-refractivity contribution >= 4 is 0 Å². The molecule has 1 N–H and O–H groups in total. The molecule has 16 heavy (non-hydrogen) atoms. The first-order valence-electron chi connectivity index (χ1n) is 6.20. The smallest absolute Gasteiger partial charge is 0.0863 e. The monoisotopic (exact) mass is 217 g/mol. The van der Waals surface area contributed by atoms with Gasteiger partial charge in [0.05, 0.1) is 12.2 Å². The molecule has 2 heterocycles. The third-order valence-corrected chi connectivity index (χ3v) is 4.17. The number of nitrogens with one attached hydrogen (secondary N) is 1. The van der Waals surface area contributed by atoms with Crippen molar-refractivity contribution in [1.82, 2.24) is 5.32 Å². The van der Waals surface area contributed by atoms with Crippen molar-refractivity contribution in [3.8, 4) is 0 Å². The molecule has 0 bridgehead atoms. The third kappa shape index (κ3) is 1.33. The summed E-state index contributed by atoms with van der Waals surface area (Å²) in [5, 5.41) is 3.46. The van der Waals surface area contributed by atoms with E-state index in [2.05, 4.69) is 37.4 Å². The molecule has 0 aliphatic carbocycles. The van der Waals surface area contributed by atoms with E-state index in [1.165, 1.54) is 16.7 Å². The van der Waals surface area contributed by atoms with Crippen LogP contribution in [0.4, 0.5) is 0 Å². The van der Waals surface area contributed by atoms with Gasteiger partial charge in [0, 0.05) is 19.0 Å². The van der Waals surface area contributed by atoms with Crippen molar-refractivity contribution in [2.75, 3.05) is 13.1 Å². The van der Waals surface area contributed by atoms with E-state index in [-0.39, 0.29) is 5.60 Å². The van der Waals surface area contributed by atoms with E-state index < -0.39 is 0 Å². The lowest BCUT2D eigenvalue weighted by atomic mass is 9.80. The number of hydrogen-bond acceptors (Lipinski definition) is 2. The highest BCUT2D eigenvalue weighted by atomic mass is 16.5. The molecule has 0 aromatic heterocycles. The molecule has 1 fully saturated rings. The molecule has 2 heteroatoms. The van der Waals surface area contributed by atoms with Gasteiger partial charge < -0.3 is 10.1 Å². The average Bonchev–Trinajstić information content (AvgIpc) is 2.70. The topological polar surface area (TPSA) is 21.3 Å². The molecule has 0 spiro atoms. The zero-order chi connectivity index (χ0) is 11.2. The van der Waals surface area contributed by atoms with E-state index in [1.807, 2.05) is 0 Å². The highest BCUT2D eigenvalue weighted by Gasteiger charge is 2.44. The van der Waals surface area contributed by atoms with E-state index in [4.69, 9.17) is 4.74 Å². The Morgan fingerprint density at radius 3 is 3.19 bits per heavy atom. The SMILES string of the molecule is CCc1cccc2c1CO[C@]1(C)CNC[C@@H]21. The van der Waals surface area contributed by atoms with E-state index >= 15 is 0 Å². The zero-order valence-electron chi connectivity index (χ0n) is 10.0. The van der Waals surface area contributed by atoms with Crippen molar-refractivity contribution in [1.29, 1.82) is 0 Å². The summed E-state index contributed by atoms with van der Waals surface area (Å²) in [5.74, 6) is 0.530. The molecule has 3 rings (SSSR count). The molecule has 86 valence electrons. The third-order valence-electron chi connectivity index (χ3n) is 4.17. The second kappa shape index (κ2) is 3.57. The van der Waals surface area contributed by atoms with Crippen LogP contribution in [-0.4, -0.2) is 18.7 Å². The van der Waals surface area contributed by atoms with Crippen LogP contribution in [0.3, 0.4) is 0 Å². The molecular formula is C14H19NO. The number of benzene rings is 1. The van der Waals surface area contributed by atoms with E-state index in [1.54, 1.807) is 0 Å². The fourth-order valence-electron chi connectivity index (χ4n) is 3.12. The van der Waals surface area contributed by atoms with Crippen LogP contribution in [-0.2, 0) is 17.8 Å². The van der Waals surface area contributed by atoms with E-state index in [0.717, 1.165) is 26.1 Å². The average molecular weight is 217 g/mol. The molecule has 2 aliphatic rings. The first-order chi connectivity index (χ1) is 7.74. The molecular weight excluding hydrogens is 198 g/mol. The summed E-state index contributed by atoms with van der Waals surface area (Å²) < 4.78 is 6.10. The Kier molecular flexibility index (Phi) is 2.30. The van der Waals surface area contributed by atoms with Gasteiger partial charge in [-0.1, -0.05) is 25.1 Å². The summed E-state index contributed by atoms with van der Waals surface area (Å²) in [5.41, 5.74) is 4.42. The van der Waals surface area contributed by atoms with Gasteiger partial charge in [0.1, 0.15) is 0 Å². The summed E-state index contributed by atoms with van der Waals surface area (Å²) in [4.78, 5) is 0. The second-order valence-electron chi connectivity index (χ2n) is 5.12. The summed E-state index contributed by atoms with van der Waals surface area (Å²) >= 11 is 0. The van der Waals surface area contributed by atoms with Gasteiger partial charge in [-0.15, -0.1) is 0 Å². The van der Waals surface area contributed by atoms with Crippen molar-refractivity contribution < 1.29 is 4.74 Å². The maximum atomic E-state index is 6.10. The first kappa shape index (κ1) is 10.3. The highest BCUT2D eigenvalue weighted by molar-refractivity contribution is 5.41. The molecule has 2 nitrogen and oxygen atoms in total. The zero-order valence-corrected chi connectivity index (χ0v) is 10.0. The molecule has 1 aromatic carbocycles. The number of fused-ring (bicyclic) bond motifs is 3. The predicted octanol–water partition coefficient (Wildman–Crippen LogP) is 2.22. The van der Waals surface area contributed by atoms with Gasteiger partial charge in [0.2, 0.25) is 0 Å². The summed E-state index contributed by atoms with van der Waals surface area (Å²) in [6, 6.07) is 6.71. The van der Waals surface area contributed by atoms with Gasteiger partial charge in [-0.05, 0) is 30.0 Å². The fourth-order valence-corrected chi connectivity index (χ4v) is 3.12. The van der Waals surface area contributed by atoms with Gasteiger partial charge in [-0.2, -0.15) is 0 Å². The van der Waals surface area contributed by atoms with Crippen molar-refractivity contribution in [2.45, 2.75) is 38.4 Å². The van der Waals surface area contributed by atoms with Crippen LogP contribution in [0.2, 0.25) is 0 Å². The van der Waals surface area contributed by atoms with Gasteiger partial charge in [-0.25, -0.2) is 0 Å². The lowest BCUT2D eigenvalue weighted by Gasteiger charge is -2.37. The van der Waals surface area contributed by atoms with Crippen LogP contribution in [0.1, 0.15) is 36.5 Å². The number of rotatable bonds is 1. The van der Waals surface area contributed by atoms with Crippen LogP contribution < -0.4 is 5.32 Å². The Morgan fingerprint density at radius 2 is 2.38 bits per heavy atom. The van der Waals surface area contributed by atoms with Crippen LogP contribution in [0.25, 0.3) is 0 Å². The molecule has 1 aromatic rings. The van der Waals surface area contributed by atoms with Gasteiger partial charge in [0.15, 0.2) is 0 Å². The summed E-state index contributed by atoms with van der Waals surface area (Å²) in [7, 11) is 0. The fraction of sp³-hybridized carbons (Fsp3) is 0.571. The second-order valence-corrected chi connectivity index (χ2v) is 5.12. The molecule has 0 unspecified atom stereocenters. The molecule has 0 radical (unpaired) electrons. The predicted molar refractivity (Wildman–Crippen MR) is 64.6 cm³/mol. The Hall–Kier alpha value is -0.860. The minimum Gasteiger partial charge on any atom is -0.369 e. The molecule has 2 atom stereocenters. The number of hydrogen-bond donors (Lipinski definition) is 1. The minimum absolute atomic E-state index is 0.0133. The Balaban J connectivity index is 2.10. The molecule has 0 amide bonds. The van der Waals surface area contributed by atoms with Gasteiger partial charge in [0.25, 0.3) is 0 Å². The first-order valence-corrected chi connectivity index (χ1v) is 6.20. The van der Waals surface area contributed by atoms with Crippen molar-refractivity contribution in [3.05, 3.63) is 34.9 Å². The Bertz CT molecular complexity index is 415. The normalized spacial score (nSPS) is 32.2. The minimum atomic E-state index is 0.0133. The van der Waals surface area contributed by atoms with E-state index in [0.29, 0.717) is 5.92 Å². The standard InChI is InChI=1S/C14H19NO/c1-3-10-5-4-6-11-12(10)8-16-14(2)9-15-7-13(11)14/h4-6,13,15H,3,7-9H2,1-2H3/t13-,14+/m0/s1. The number of ether oxygens (including phenoxy) is 1. The molecule has 2 aliphatic heterocycles. The van der Waals surface area contributed by atoms with Gasteiger partial charge in [-0.3, -0.25) is 0 Å². The van der Waals surface area contributed by atoms with Crippen LogP contribution in [0.15, 0.2) is 18.2 Å². The van der Waals surface area contributed by atoms with E-state index in [9.17, 15) is 0 Å². The highest BCUT2D eigenvalue weighted by Crippen LogP contribution is 2.42. The molecule has 0 saturated carbocycles. The molecule has 1 saturated heterocycles.